The van der Waals surface area contributed by atoms with Gasteiger partial charge in [-0.05, 0) is 43.4 Å². The molecule has 38 heavy (non-hydrogen) atoms. The van der Waals surface area contributed by atoms with Crippen molar-refractivity contribution in [3.8, 4) is 0 Å². The van der Waals surface area contributed by atoms with Crippen molar-refractivity contribution in [2.75, 3.05) is 13.2 Å². The zero-order valence-corrected chi connectivity index (χ0v) is 26.5. The lowest BCUT2D eigenvalue weighted by Gasteiger charge is -2.31. The molecule has 0 aromatic carbocycles. The van der Waals surface area contributed by atoms with Crippen LogP contribution in [0.3, 0.4) is 0 Å². The molecule has 0 fully saturated rings. The van der Waals surface area contributed by atoms with E-state index in [1.807, 2.05) is 0 Å². The van der Waals surface area contributed by atoms with Gasteiger partial charge in [0.1, 0.15) is 0 Å². The summed E-state index contributed by atoms with van der Waals surface area (Å²) >= 11 is 0. The quantitative estimate of drug-likeness (QED) is 0.0771. The second-order valence-corrected chi connectivity index (χ2v) is 12.3. The van der Waals surface area contributed by atoms with Crippen molar-refractivity contribution >= 4 is 11.9 Å². The Morgan fingerprint density at radius 2 is 0.974 bits per heavy atom. The number of ether oxygens (including phenoxy) is 2. The van der Waals surface area contributed by atoms with Crippen molar-refractivity contribution in [3.63, 3.8) is 0 Å². The van der Waals surface area contributed by atoms with Crippen LogP contribution in [0.25, 0.3) is 0 Å². The first-order valence-electron chi connectivity index (χ1n) is 16.7. The third kappa shape index (κ3) is 20.8. The average Bonchev–Trinajstić information content (AvgIpc) is 2.88. The fourth-order valence-electron chi connectivity index (χ4n) is 5.52. The highest BCUT2D eigenvalue weighted by molar-refractivity contribution is 5.73. The molecule has 0 N–H and O–H groups in total. The lowest BCUT2D eigenvalue weighted by atomic mass is 9.74. The highest BCUT2D eigenvalue weighted by Gasteiger charge is 2.33. The zero-order valence-electron chi connectivity index (χ0n) is 26.5. The van der Waals surface area contributed by atoms with Crippen LogP contribution in [0.4, 0.5) is 0 Å². The Morgan fingerprint density at radius 3 is 1.47 bits per heavy atom. The van der Waals surface area contributed by atoms with Crippen LogP contribution in [0, 0.1) is 23.7 Å². The highest BCUT2D eigenvalue weighted by Crippen LogP contribution is 2.33. The van der Waals surface area contributed by atoms with Crippen molar-refractivity contribution in [2.45, 2.75) is 170 Å². The first-order valence-corrected chi connectivity index (χ1v) is 16.7. The molecule has 0 saturated carbocycles. The van der Waals surface area contributed by atoms with E-state index in [1.54, 1.807) is 0 Å². The van der Waals surface area contributed by atoms with Gasteiger partial charge in [-0.1, -0.05) is 138 Å². The van der Waals surface area contributed by atoms with Crippen molar-refractivity contribution in [3.05, 3.63) is 0 Å². The fraction of sp³-hybridized carbons (Fsp3) is 0.941. The predicted molar refractivity (Wildman–Crippen MR) is 162 cm³/mol. The largest absolute Gasteiger partial charge is 0.466 e. The van der Waals surface area contributed by atoms with E-state index in [1.165, 1.54) is 83.5 Å². The molecule has 0 aromatic heterocycles. The second kappa shape index (κ2) is 26.2. The average molecular weight is 539 g/mol. The summed E-state index contributed by atoms with van der Waals surface area (Å²) in [5.74, 6) is 1.24. The van der Waals surface area contributed by atoms with Gasteiger partial charge in [-0.3, -0.25) is 9.59 Å². The lowest BCUT2D eigenvalue weighted by molar-refractivity contribution is -0.153. The Kier molecular flexibility index (Phi) is 25.4. The van der Waals surface area contributed by atoms with Crippen molar-refractivity contribution in [1.29, 1.82) is 0 Å². The molecule has 2 unspecified atom stereocenters. The van der Waals surface area contributed by atoms with Crippen LogP contribution in [-0.4, -0.2) is 25.2 Å². The maximum atomic E-state index is 13.0. The first kappa shape index (κ1) is 36.9. The highest BCUT2D eigenvalue weighted by atomic mass is 16.5. The van der Waals surface area contributed by atoms with E-state index in [0.29, 0.717) is 37.4 Å². The van der Waals surface area contributed by atoms with E-state index in [4.69, 9.17) is 9.47 Å². The number of unbranched alkanes of at least 4 members (excludes halogenated alkanes) is 15. The molecule has 0 amide bonds. The number of carbonyl (C=O) groups is 2. The SMILES string of the molecule is CCCCCCCOC(=O)CCCCCCCCCCC(C(C)C)C(C(=O)OCCCCCCC)C(C)C. The number of hydrogen-bond acceptors (Lipinski definition) is 4. The summed E-state index contributed by atoms with van der Waals surface area (Å²) in [6.45, 7) is 14.5. The van der Waals surface area contributed by atoms with Gasteiger partial charge in [0.15, 0.2) is 0 Å². The summed E-state index contributed by atoms with van der Waals surface area (Å²) in [6, 6.07) is 0. The van der Waals surface area contributed by atoms with Gasteiger partial charge >= 0.3 is 11.9 Å². The van der Waals surface area contributed by atoms with Crippen LogP contribution in [0.1, 0.15) is 170 Å². The van der Waals surface area contributed by atoms with Gasteiger partial charge in [0.25, 0.3) is 0 Å². The van der Waals surface area contributed by atoms with E-state index in [9.17, 15) is 9.59 Å². The minimum atomic E-state index is -0.0178. The topological polar surface area (TPSA) is 52.6 Å². The fourth-order valence-corrected chi connectivity index (χ4v) is 5.52. The summed E-state index contributed by atoms with van der Waals surface area (Å²) in [6.07, 6.45) is 23.0. The van der Waals surface area contributed by atoms with Gasteiger partial charge in [0.2, 0.25) is 0 Å². The van der Waals surface area contributed by atoms with Crippen LogP contribution >= 0.6 is 0 Å². The third-order valence-corrected chi connectivity index (χ3v) is 7.98. The molecule has 0 radical (unpaired) electrons. The molecule has 0 rings (SSSR count). The van der Waals surface area contributed by atoms with Gasteiger partial charge in [-0.25, -0.2) is 0 Å². The monoisotopic (exact) mass is 538 g/mol. The van der Waals surface area contributed by atoms with Crippen LogP contribution in [0.15, 0.2) is 0 Å². The van der Waals surface area contributed by atoms with Crippen molar-refractivity contribution in [2.24, 2.45) is 23.7 Å². The lowest BCUT2D eigenvalue weighted by Crippen LogP contribution is -2.33. The van der Waals surface area contributed by atoms with Gasteiger partial charge < -0.3 is 9.47 Å². The number of esters is 2. The Labute approximate surface area is 237 Å². The molecule has 0 heterocycles. The smallest absolute Gasteiger partial charge is 0.309 e. The van der Waals surface area contributed by atoms with Gasteiger partial charge in [-0.15, -0.1) is 0 Å². The maximum Gasteiger partial charge on any atom is 0.309 e. The number of carbonyl (C=O) groups excluding carboxylic acids is 2. The second-order valence-electron chi connectivity index (χ2n) is 12.3. The van der Waals surface area contributed by atoms with Crippen molar-refractivity contribution < 1.29 is 19.1 Å². The van der Waals surface area contributed by atoms with Crippen LogP contribution in [0.2, 0.25) is 0 Å². The molecule has 0 saturated heterocycles. The summed E-state index contributed by atoms with van der Waals surface area (Å²) in [4.78, 5) is 24.8. The summed E-state index contributed by atoms with van der Waals surface area (Å²) in [7, 11) is 0. The zero-order chi connectivity index (χ0) is 28.4. The minimum absolute atomic E-state index is 0.0124. The van der Waals surface area contributed by atoms with Gasteiger partial charge in [0, 0.05) is 6.42 Å². The van der Waals surface area contributed by atoms with E-state index in [-0.39, 0.29) is 17.9 Å². The molecule has 0 aliphatic heterocycles. The normalized spacial score (nSPS) is 13.2. The molecule has 226 valence electrons. The summed E-state index contributed by atoms with van der Waals surface area (Å²) in [5.41, 5.74) is 0. The Balaban J connectivity index is 3.97. The molecule has 4 heteroatoms. The van der Waals surface area contributed by atoms with E-state index in [2.05, 4.69) is 41.5 Å². The van der Waals surface area contributed by atoms with Crippen LogP contribution < -0.4 is 0 Å². The Morgan fingerprint density at radius 1 is 0.526 bits per heavy atom. The van der Waals surface area contributed by atoms with E-state index < -0.39 is 0 Å². The van der Waals surface area contributed by atoms with Crippen LogP contribution in [-0.2, 0) is 19.1 Å². The molecular weight excluding hydrogens is 472 g/mol. The molecular formula is C34H66O4. The molecule has 0 bridgehead atoms. The summed E-state index contributed by atoms with van der Waals surface area (Å²) in [5, 5.41) is 0. The standard InChI is InChI=1S/C34H66O4/c1-7-9-11-19-23-27-37-32(35)26-22-18-16-14-13-15-17-21-25-31(29(3)4)33(30(5)6)34(36)38-28-24-20-12-10-8-2/h29-31,33H,7-28H2,1-6H3. The van der Waals surface area contributed by atoms with E-state index in [0.717, 1.165) is 38.5 Å². The Hall–Kier alpha value is -1.06. The molecule has 4 nitrogen and oxygen atoms in total. The van der Waals surface area contributed by atoms with E-state index >= 15 is 0 Å². The number of hydrogen-bond donors (Lipinski definition) is 0. The van der Waals surface area contributed by atoms with Crippen molar-refractivity contribution in [1.82, 2.24) is 0 Å². The molecule has 2 atom stereocenters. The minimum Gasteiger partial charge on any atom is -0.466 e. The Bertz CT molecular complexity index is 543. The predicted octanol–water partition coefficient (Wildman–Crippen LogP) is 10.5. The van der Waals surface area contributed by atoms with Gasteiger partial charge in [0.05, 0.1) is 19.1 Å². The molecule has 0 aliphatic carbocycles. The molecule has 0 aliphatic rings. The number of rotatable bonds is 27. The van der Waals surface area contributed by atoms with Gasteiger partial charge in [-0.2, -0.15) is 0 Å². The first-order chi connectivity index (χ1) is 18.3. The molecule has 0 aromatic rings. The maximum absolute atomic E-state index is 13.0. The third-order valence-electron chi connectivity index (χ3n) is 7.98. The van der Waals surface area contributed by atoms with Crippen LogP contribution in [0.5, 0.6) is 0 Å². The summed E-state index contributed by atoms with van der Waals surface area (Å²) < 4.78 is 11.1. The molecule has 0 spiro atoms.